The molecule has 0 unspecified atom stereocenters. The molecule has 0 fully saturated rings. The van der Waals surface area contributed by atoms with E-state index in [-0.39, 0.29) is 5.69 Å². The maximum absolute atomic E-state index is 10.9. The van der Waals surface area contributed by atoms with Crippen LogP contribution >= 0.6 is 0 Å². The molecule has 2 aromatic rings. The van der Waals surface area contributed by atoms with Gasteiger partial charge in [0.1, 0.15) is 0 Å². The third-order valence-electron chi connectivity index (χ3n) is 3.16. The number of non-ortho nitro benzene ring substituents is 1. The Morgan fingerprint density at radius 3 is 2.19 bits per heavy atom. The van der Waals surface area contributed by atoms with Crippen LogP contribution in [0.5, 0.6) is 0 Å². The Kier molecular flexibility index (Phi) is 4.39. The molecule has 4 N–H and O–H groups in total. The molecule has 0 aliphatic heterocycles. The highest BCUT2D eigenvalue weighted by molar-refractivity contribution is 5.68. The number of nitrogens with two attached hydrogens (primary N) is 1. The number of nitro benzene ring substituents is 1. The first kappa shape index (κ1) is 14.8. The summed E-state index contributed by atoms with van der Waals surface area (Å²) in [7, 11) is 0. The average molecular weight is 286 g/mol. The smallest absolute Gasteiger partial charge is 0.273 e. The second-order valence-corrected chi connectivity index (χ2v) is 5.07. The van der Waals surface area contributed by atoms with Gasteiger partial charge in [-0.2, -0.15) is 0 Å². The Morgan fingerprint density at radius 2 is 1.67 bits per heavy atom. The second-order valence-electron chi connectivity index (χ2n) is 5.07. The van der Waals surface area contributed by atoms with E-state index in [2.05, 4.69) is 24.6 Å². The molecular weight excluding hydrogens is 268 g/mol. The van der Waals surface area contributed by atoms with Crippen LogP contribution in [-0.2, 0) is 0 Å². The van der Waals surface area contributed by atoms with E-state index in [1.54, 1.807) is 6.07 Å². The SMILES string of the molecule is CC(C)c1ccc(Nc2cc(NN)cc([N+](=O)[O-])c2)cc1. The lowest BCUT2D eigenvalue weighted by Crippen LogP contribution is -2.07. The molecule has 0 saturated carbocycles. The Bertz CT molecular complexity index is 639. The number of nitrogens with one attached hydrogen (secondary N) is 2. The summed E-state index contributed by atoms with van der Waals surface area (Å²) in [6.07, 6.45) is 0. The van der Waals surface area contributed by atoms with Crippen LogP contribution in [0, 0.1) is 10.1 Å². The predicted octanol–water partition coefficient (Wildman–Crippen LogP) is 3.75. The van der Waals surface area contributed by atoms with Crippen molar-refractivity contribution >= 4 is 22.7 Å². The van der Waals surface area contributed by atoms with Gasteiger partial charge in [-0.3, -0.25) is 16.0 Å². The number of anilines is 3. The third-order valence-corrected chi connectivity index (χ3v) is 3.16. The fourth-order valence-electron chi connectivity index (χ4n) is 1.99. The second kappa shape index (κ2) is 6.23. The molecule has 6 heteroatoms. The first-order valence-electron chi connectivity index (χ1n) is 6.62. The van der Waals surface area contributed by atoms with E-state index in [0.717, 1.165) is 5.69 Å². The van der Waals surface area contributed by atoms with Gasteiger partial charge >= 0.3 is 0 Å². The van der Waals surface area contributed by atoms with Crippen molar-refractivity contribution in [3.8, 4) is 0 Å². The number of hydrogen-bond acceptors (Lipinski definition) is 5. The summed E-state index contributed by atoms with van der Waals surface area (Å²) >= 11 is 0. The quantitative estimate of drug-likeness (QED) is 0.442. The molecule has 2 rings (SSSR count). The lowest BCUT2D eigenvalue weighted by molar-refractivity contribution is -0.384. The van der Waals surface area contributed by atoms with Crippen molar-refractivity contribution in [3.63, 3.8) is 0 Å². The Hall–Kier alpha value is -2.60. The summed E-state index contributed by atoms with van der Waals surface area (Å²) in [5.74, 6) is 5.80. The number of hydrazine groups is 1. The van der Waals surface area contributed by atoms with Crippen LogP contribution in [0.3, 0.4) is 0 Å². The van der Waals surface area contributed by atoms with E-state index in [9.17, 15) is 10.1 Å². The molecule has 0 heterocycles. The minimum absolute atomic E-state index is 0.0215. The highest BCUT2D eigenvalue weighted by atomic mass is 16.6. The zero-order valence-corrected chi connectivity index (χ0v) is 12.0. The van der Waals surface area contributed by atoms with Gasteiger partial charge in [0, 0.05) is 23.5 Å². The van der Waals surface area contributed by atoms with Gasteiger partial charge in [-0.15, -0.1) is 0 Å². The fourth-order valence-corrected chi connectivity index (χ4v) is 1.99. The standard InChI is InChI=1S/C15H18N4O2/c1-10(2)11-3-5-12(6-4-11)17-13-7-14(18-16)9-15(8-13)19(20)21/h3-10,17-18H,16H2,1-2H3. The average Bonchev–Trinajstić information content (AvgIpc) is 2.47. The molecular formula is C15H18N4O2. The summed E-state index contributed by atoms with van der Waals surface area (Å²) in [6, 6.07) is 12.5. The Morgan fingerprint density at radius 1 is 1.05 bits per heavy atom. The molecule has 2 aromatic carbocycles. The normalized spacial score (nSPS) is 10.5. The number of rotatable bonds is 5. The topological polar surface area (TPSA) is 93.2 Å². The first-order valence-corrected chi connectivity index (χ1v) is 6.62. The molecule has 0 aromatic heterocycles. The van der Waals surface area contributed by atoms with E-state index in [4.69, 9.17) is 5.84 Å². The van der Waals surface area contributed by atoms with Crippen LogP contribution in [0.1, 0.15) is 25.3 Å². The molecule has 0 radical (unpaired) electrons. The fraction of sp³-hybridized carbons (Fsp3) is 0.200. The minimum Gasteiger partial charge on any atom is -0.355 e. The zero-order chi connectivity index (χ0) is 15.4. The molecule has 110 valence electrons. The van der Waals surface area contributed by atoms with E-state index >= 15 is 0 Å². The third kappa shape index (κ3) is 3.70. The van der Waals surface area contributed by atoms with Crippen LogP contribution in [0.15, 0.2) is 42.5 Å². The van der Waals surface area contributed by atoms with Gasteiger partial charge in [-0.1, -0.05) is 26.0 Å². The molecule has 0 aliphatic rings. The van der Waals surface area contributed by atoms with E-state index in [1.165, 1.54) is 17.7 Å². The largest absolute Gasteiger partial charge is 0.355 e. The van der Waals surface area contributed by atoms with Crippen LogP contribution in [0.25, 0.3) is 0 Å². The monoisotopic (exact) mass is 286 g/mol. The number of nitro groups is 1. The van der Waals surface area contributed by atoms with Crippen molar-refractivity contribution < 1.29 is 4.92 Å². The molecule has 0 spiro atoms. The van der Waals surface area contributed by atoms with Crippen molar-refractivity contribution in [2.45, 2.75) is 19.8 Å². The van der Waals surface area contributed by atoms with Gasteiger partial charge in [-0.05, 0) is 29.7 Å². The highest BCUT2D eigenvalue weighted by Gasteiger charge is 2.09. The summed E-state index contributed by atoms with van der Waals surface area (Å²) < 4.78 is 0. The molecule has 0 amide bonds. The Labute approximate surface area is 123 Å². The van der Waals surface area contributed by atoms with Gasteiger partial charge in [0.15, 0.2) is 0 Å². The van der Waals surface area contributed by atoms with Crippen molar-refractivity contribution in [3.05, 3.63) is 58.1 Å². The molecule has 0 aliphatic carbocycles. The summed E-state index contributed by atoms with van der Waals surface area (Å²) in [5.41, 5.74) is 5.59. The molecule has 0 saturated heterocycles. The van der Waals surface area contributed by atoms with Crippen LogP contribution < -0.4 is 16.6 Å². The number of benzene rings is 2. The highest BCUT2D eigenvalue weighted by Crippen LogP contribution is 2.27. The predicted molar refractivity (Wildman–Crippen MR) is 84.7 cm³/mol. The van der Waals surface area contributed by atoms with Gasteiger partial charge < -0.3 is 10.7 Å². The summed E-state index contributed by atoms with van der Waals surface area (Å²) in [5, 5.41) is 14.0. The molecule has 6 nitrogen and oxygen atoms in total. The van der Waals surface area contributed by atoms with Crippen molar-refractivity contribution in [2.75, 3.05) is 10.7 Å². The Balaban J connectivity index is 2.26. The number of nitrogens with zero attached hydrogens (tertiary/aromatic N) is 1. The van der Waals surface area contributed by atoms with E-state index in [0.29, 0.717) is 17.3 Å². The van der Waals surface area contributed by atoms with Gasteiger partial charge in [0.25, 0.3) is 5.69 Å². The molecule has 0 bridgehead atoms. The number of nitrogen functional groups attached to an aromatic ring is 1. The van der Waals surface area contributed by atoms with E-state index in [1.807, 2.05) is 24.3 Å². The maximum Gasteiger partial charge on any atom is 0.273 e. The van der Waals surface area contributed by atoms with Crippen LogP contribution in [0.4, 0.5) is 22.7 Å². The lowest BCUT2D eigenvalue weighted by Gasteiger charge is -2.10. The lowest BCUT2D eigenvalue weighted by atomic mass is 10.0. The van der Waals surface area contributed by atoms with Crippen LogP contribution in [-0.4, -0.2) is 4.92 Å². The summed E-state index contributed by atoms with van der Waals surface area (Å²) in [4.78, 5) is 10.5. The van der Waals surface area contributed by atoms with Gasteiger partial charge in [-0.25, -0.2) is 0 Å². The molecule has 21 heavy (non-hydrogen) atoms. The van der Waals surface area contributed by atoms with Crippen LogP contribution in [0.2, 0.25) is 0 Å². The van der Waals surface area contributed by atoms with Crippen molar-refractivity contribution in [1.82, 2.24) is 0 Å². The van der Waals surface area contributed by atoms with E-state index < -0.39 is 4.92 Å². The first-order chi connectivity index (χ1) is 9.99. The van der Waals surface area contributed by atoms with Crippen molar-refractivity contribution in [2.24, 2.45) is 5.84 Å². The molecule has 0 atom stereocenters. The van der Waals surface area contributed by atoms with Gasteiger partial charge in [0.05, 0.1) is 10.6 Å². The van der Waals surface area contributed by atoms with Crippen molar-refractivity contribution in [1.29, 1.82) is 0 Å². The zero-order valence-electron chi connectivity index (χ0n) is 12.0. The number of hydrogen-bond donors (Lipinski definition) is 3. The summed E-state index contributed by atoms with van der Waals surface area (Å²) in [6.45, 7) is 4.25. The maximum atomic E-state index is 10.9. The minimum atomic E-state index is -0.451. The van der Waals surface area contributed by atoms with Gasteiger partial charge in [0.2, 0.25) is 0 Å².